The summed E-state index contributed by atoms with van der Waals surface area (Å²) in [6.07, 6.45) is -1.43. The summed E-state index contributed by atoms with van der Waals surface area (Å²) in [4.78, 5) is 19.9. The molecular weight excluding hydrogens is 404 g/mol. The van der Waals surface area contributed by atoms with Crippen molar-refractivity contribution in [2.75, 3.05) is 36.8 Å². The number of aromatic nitrogens is 1. The summed E-state index contributed by atoms with van der Waals surface area (Å²) in [5.74, 6) is -0.214. The Morgan fingerprint density at radius 1 is 1.07 bits per heavy atom. The zero-order chi connectivity index (χ0) is 18.0. The third-order valence-electron chi connectivity index (χ3n) is 4.19. The lowest BCUT2D eigenvalue weighted by Crippen LogP contribution is -2.49. The number of carbonyl (C=O) groups excluding carboxylic acids is 1. The molecule has 1 aliphatic rings. The lowest BCUT2D eigenvalue weighted by atomic mass is 10.1. The van der Waals surface area contributed by atoms with E-state index < -0.39 is 11.7 Å². The van der Waals surface area contributed by atoms with Crippen LogP contribution in [0.15, 0.2) is 42.7 Å². The molecule has 10 heteroatoms. The zero-order valence-corrected chi connectivity index (χ0v) is 15.8. The summed E-state index contributed by atoms with van der Waals surface area (Å²) in [7, 11) is 0. The Morgan fingerprint density at radius 2 is 1.74 bits per heavy atom. The van der Waals surface area contributed by atoms with Crippen molar-refractivity contribution in [2.24, 2.45) is 0 Å². The summed E-state index contributed by atoms with van der Waals surface area (Å²) in [5.41, 5.74) is 6.33. The van der Waals surface area contributed by atoms with Crippen molar-refractivity contribution in [3.8, 4) is 0 Å². The number of hydrogen-bond donors (Lipinski definition) is 1. The van der Waals surface area contributed by atoms with E-state index in [2.05, 4.69) is 4.98 Å². The summed E-state index contributed by atoms with van der Waals surface area (Å²) in [6, 6.07) is 6.79. The highest BCUT2D eigenvalue weighted by atomic mass is 35.5. The van der Waals surface area contributed by atoms with E-state index in [0.29, 0.717) is 43.1 Å². The SMILES string of the molecule is Cl.Cl.Nc1ccncc1C(=O)N1CCN(c2cccc(C(F)(F)F)c2)CC1. The standard InChI is InChI=1S/C17H17F3N4O.2ClH/c18-17(19,20)12-2-1-3-13(10-12)23-6-8-24(9-7-23)16(25)14-11-22-5-4-15(14)21;;/h1-5,10-11H,6-9H2,(H2,21,22);2*1H. The number of nitrogens with zero attached hydrogens (tertiary/aromatic N) is 3. The van der Waals surface area contributed by atoms with Crippen molar-refractivity contribution in [3.63, 3.8) is 0 Å². The number of amides is 1. The van der Waals surface area contributed by atoms with Crippen LogP contribution in [-0.2, 0) is 6.18 Å². The molecule has 0 atom stereocenters. The molecule has 1 aromatic heterocycles. The molecular formula is C17H19Cl2F3N4O. The number of carbonyl (C=O) groups is 1. The minimum absolute atomic E-state index is 0. The van der Waals surface area contributed by atoms with Gasteiger partial charge in [0, 0.05) is 49.9 Å². The van der Waals surface area contributed by atoms with Crippen molar-refractivity contribution < 1.29 is 18.0 Å². The second kappa shape index (κ2) is 9.14. The molecule has 0 radical (unpaired) electrons. The number of alkyl halides is 3. The van der Waals surface area contributed by atoms with Gasteiger partial charge in [0.05, 0.1) is 11.1 Å². The van der Waals surface area contributed by atoms with Gasteiger partial charge in [0.1, 0.15) is 0 Å². The van der Waals surface area contributed by atoms with Gasteiger partial charge in [-0.2, -0.15) is 13.2 Å². The van der Waals surface area contributed by atoms with Crippen molar-refractivity contribution in [1.29, 1.82) is 0 Å². The van der Waals surface area contributed by atoms with E-state index in [1.807, 2.05) is 4.90 Å². The molecule has 0 spiro atoms. The fourth-order valence-corrected chi connectivity index (χ4v) is 2.80. The number of halogens is 5. The van der Waals surface area contributed by atoms with Crippen molar-refractivity contribution in [2.45, 2.75) is 6.18 Å². The first-order valence-corrected chi connectivity index (χ1v) is 7.77. The van der Waals surface area contributed by atoms with Gasteiger partial charge in [0.15, 0.2) is 0 Å². The Labute approximate surface area is 167 Å². The maximum atomic E-state index is 12.8. The number of nitrogens with two attached hydrogens (primary N) is 1. The smallest absolute Gasteiger partial charge is 0.398 e. The molecule has 148 valence electrons. The molecule has 27 heavy (non-hydrogen) atoms. The number of piperazine rings is 1. The van der Waals surface area contributed by atoms with Gasteiger partial charge in [0.25, 0.3) is 5.91 Å². The Kier molecular flexibility index (Phi) is 7.74. The van der Waals surface area contributed by atoms with Crippen molar-refractivity contribution in [3.05, 3.63) is 53.9 Å². The highest BCUT2D eigenvalue weighted by Crippen LogP contribution is 2.32. The van der Waals surface area contributed by atoms with Crippen LogP contribution in [0.1, 0.15) is 15.9 Å². The molecule has 1 aromatic carbocycles. The molecule has 1 aliphatic heterocycles. The Bertz CT molecular complexity index is 781. The van der Waals surface area contributed by atoms with Gasteiger partial charge in [-0.3, -0.25) is 9.78 Å². The van der Waals surface area contributed by atoms with Crippen molar-refractivity contribution in [1.82, 2.24) is 9.88 Å². The molecule has 2 heterocycles. The van der Waals surface area contributed by atoms with Crippen LogP contribution in [-0.4, -0.2) is 42.0 Å². The highest BCUT2D eigenvalue weighted by molar-refractivity contribution is 5.98. The van der Waals surface area contributed by atoms with Gasteiger partial charge in [-0.25, -0.2) is 0 Å². The van der Waals surface area contributed by atoms with Crippen LogP contribution in [0.5, 0.6) is 0 Å². The van der Waals surface area contributed by atoms with E-state index in [-0.39, 0.29) is 30.7 Å². The number of rotatable bonds is 2. The van der Waals surface area contributed by atoms with Crippen LogP contribution in [0.3, 0.4) is 0 Å². The number of nitrogen functional groups attached to an aromatic ring is 1. The number of benzene rings is 1. The van der Waals surface area contributed by atoms with Crippen molar-refractivity contribution >= 4 is 42.1 Å². The minimum atomic E-state index is -4.37. The average molecular weight is 423 g/mol. The number of hydrogen-bond acceptors (Lipinski definition) is 4. The molecule has 5 nitrogen and oxygen atoms in total. The molecule has 0 aliphatic carbocycles. The normalized spacial score (nSPS) is 14.2. The fraction of sp³-hybridized carbons (Fsp3) is 0.294. The lowest BCUT2D eigenvalue weighted by molar-refractivity contribution is -0.137. The Hall–Kier alpha value is -2.19. The quantitative estimate of drug-likeness (QED) is 0.804. The minimum Gasteiger partial charge on any atom is -0.398 e. The van der Waals surface area contributed by atoms with Crippen LogP contribution in [0, 0.1) is 0 Å². The first-order valence-electron chi connectivity index (χ1n) is 7.77. The largest absolute Gasteiger partial charge is 0.416 e. The molecule has 0 unspecified atom stereocenters. The van der Waals surface area contributed by atoms with E-state index in [1.165, 1.54) is 18.5 Å². The van der Waals surface area contributed by atoms with E-state index in [4.69, 9.17) is 5.73 Å². The van der Waals surface area contributed by atoms with Crippen LogP contribution in [0.2, 0.25) is 0 Å². The topological polar surface area (TPSA) is 62.5 Å². The van der Waals surface area contributed by atoms with E-state index in [9.17, 15) is 18.0 Å². The first kappa shape index (κ1) is 22.9. The number of pyridine rings is 1. The Morgan fingerprint density at radius 3 is 2.33 bits per heavy atom. The fourth-order valence-electron chi connectivity index (χ4n) is 2.80. The molecule has 0 bridgehead atoms. The maximum Gasteiger partial charge on any atom is 0.416 e. The van der Waals surface area contributed by atoms with Gasteiger partial charge < -0.3 is 15.5 Å². The second-order valence-corrected chi connectivity index (χ2v) is 5.79. The van der Waals surface area contributed by atoms with Gasteiger partial charge in [-0.1, -0.05) is 6.07 Å². The summed E-state index contributed by atoms with van der Waals surface area (Å²) in [5, 5.41) is 0. The Balaban J connectivity index is 0.00000182. The summed E-state index contributed by atoms with van der Waals surface area (Å²) in [6.45, 7) is 1.72. The molecule has 0 saturated carbocycles. The summed E-state index contributed by atoms with van der Waals surface area (Å²) < 4.78 is 38.5. The van der Waals surface area contributed by atoms with Crippen LogP contribution >= 0.6 is 24.8 Å². The third-order valence-corrected chi connectivity index (χ3v) is 4.19. The lowest BCUT2D eigenvalue weighted by Gasteiger charge is -2.36. The van der Waals surface area contributed by atoms with Gasteiger partial charge in [-0.15, -0.1) is 24.8 Å². The van der Waals surface area contributed by atoms with Gasteiger partial charge in [-0.05, 0) is 24.3 Å². The zero-order valence-electron chi connectivity index (χ0n) is 14.1. The predicted molar refractivity (Wildman–Crippen MR) is 103 cm³/mol. The number of anilines is 2. The summed E-state index contributed by atoms with van der Waals surface area (Å²) >= 11 is 0. The average Bonchev–Trinajstić information content (AvgIpc) is 2.61. The molecule has 1 amide bonds. The second-order valence-electron chi connectivity index (χ2n) is 5.79. The molecule has 2 aromatic rings. The maximum absolute atomic E-state index is 12.8. The molecule has 2 N–H and O–H groups in total. The molecule has 3 rings (SSSR count). The van der Waals surface area contributed by atoms with Gasteiger partial charge in [0.2, 0.25) is 0 Å². The third kappa shape index (κ3) is 5.17. The van der Waals surface area contributed by atoms with Crippen LogP contribution in [0.25, 0.3) is 0 Å². The van der Waals surface area contributed by atoms with Crippen LogP contribution < -0.4 is 10.6 Å². The first-order chi connectivity index (χ1) is 11.9. The predicted octanol–water partition coefficient (Wildman–Crippen LogP) is 3.49. The molecule has 1 saturated heterocycles. The monoisotopic (exact) mass is 422 g/mol. The van der Waals surface area contributed by atoms with E-state index >= 15 is 0 Å². The van der Waals surface area contributed by atoms with Gasteiger partial charge >= 0.3 is 6.18 Å². The van der Waals surface area contributed by atoms with E-state index in [0.717, 1.165) is 12.1 Å². The highest BCUT2D eigenvalue weighted by Gasteiger charge is 2.31. The molecule has 1 fully saturated rings. The van der Waals surface area contributed by atoms with E-state index in [1.54, 1.807) is 17.0 Å². The van der Waals surface area contributed by atoms with Crippen LogP contribution in [0.4, 0.5) is 24.5 Å².